The highest BCUT2D eigenvalue weighted by Crippen LogP contribution is 2.11. The molecule has 106 valence electrons. The van der Waals surface area contributed by atoms with E-state index in [2.05, 4.69) is 11.9 Å². The molecule has 1 aromatic rings. The van der Waals surface area contributed by atoms with Crippen molar-refractivity contribution < 1.29 is 4.79 Å². The lowest BCUT2D eigenvalue weighted by molar-refractivity contribution is -0.132. The number of hydrogen-bond acceptors (Lipinski definition) is 3. The van der Waals surface area contributed by atoms with Crippen molar-refractivity contribution in [1.29, 1.82) is 0 Å². The maximum atomic E-state index is 12.2. The molecule has 0 bridgehead atoms. The van der Waals surface area contributed by atoms with E-state index in [1.807, 2.05) is 36.9 Å². The molecule has 4 heteroatoms. The quantitative estimate of drug-likeness (QED) is 0.819. The van der Waals surface area contributed by atoms with E-state index in [1.165, 1.54) is 0 Å². The molecule has 1 atom stereocenters. The SMILES string of the molecule is CCC(CN)CC(=O)N(CC)Cc1cccc(C)n1. The molecule has 4 nitrogen and oxygen atoms in total. The molecule has 0 aliphatic carbocycles. The minimum atomic E-state index is 0.170. The van der Waals surface area contributed by atoms with Gasteiger partial charge in [-0.05, 0) is 38.4 Å². The topological polar surface area (TPSA) is 59.2 Å². The number of pyridine rings is 1. The number of nitrogens with zero attached hydrogens (tertiary/aromatic N) is 2. The Kier molecular flexibility index (Phi) is 6.50. The van der Waals surface area contributed by atoms with Crippen LogP contribution >= 0.6 is 0 Å². The zero-order chi connectivity index (χ0) is 14.3. The van der Waals surface area contributed by atoms with E-state index >= 15 is 0 Å². The zero-order valence-electron chi connectivity index (χ0n) is 12.2. The second-order valence-electron chi connectivity index (χ2n) is 4.89. The number of aryl methyl sites for hydroxylation is 1. The molecule has 1 aromatic heterocycles. The molecule has 19 heavy (non-hydrogen) atoms. The van der Waals surface area contributed by atoms with Gasteiger partial charge in [-0.2, -0.15) is 0 Å². The molecule has 1 heterocycles. The third-order valence-corrected chi connectivity index (χ3v) is 3.41. The van der Waals surface area contributed by atoms with Crippen molar-refractivity contribution in [2.75, 3.05) is 13.1 Å². The molecular weight excluding hydrogens is 238 g/mol. The van der Waals surface area contributed by atoms with Crippen LogP contribution in [0.5, 0.6) is 0 Å². The van der Waals surface area contributed by atoms with Crippen molar-refractivity contribution >= 4 is 5.91 Å². The Labute approximate surface area is 116 Å². The highest BCUT2D eigenvalue weighted by molar-refractivity contribution is 5.76. The summed E-state index contributed by atoms with van der Waals surface area (Å²) in [6, 6.07) is 5.90. The van der Waals surface area contributed by atoms with Crippen LogP contribution in [0.3, 0.4) is 0 Å². The maximum absolute atomic E-state index is 12.2. The average molecular weight is 263 g/mol. The molecular formula is C15H25N3O. The summed E-state index contributed by atoms with van der Waals surface area (Å²) in [6.07, 6.45) is 1.48. The Morgan fingerprint density at radius 1 is 1.42 bits per heavy atom. The predicted octanol–water partition coefficient (Wildman–Crippen LogP) is 2.11. The van der Waals surface area contributed by atoms with Crippen LogP contribution in [0.4, 0.5) is 0 Å². The molecule has 1 unspecified atom stereocenters. The first-order chi connectivity index (χ1) is 9.10. The Balaban J connectivity index is 2.64. The van der Waals surface area contributed by atoms with Gasteiger partial charge in [0, 0.05) is 18.7 Å². The van der Waals surface area contributed by atoms with Gasteiger partial charge in [-0.15, -0.1) is 0 Å². The summed E-state index contributed by atoms with van der Waals surface area (Å²) in [5.41, 5.74) is 7.58. The Morgan fingerprint density at radius 3 is 2.68 bits per heavy atom. The fraction of sp³-hybridized carbons (Fsp3) is 0.600. The Bertz CT molecular complexity index is 402. The number of rotatable bonds is 7. The first-order valence-electron chi connectivity index (χ1n) is 7.01. The first kappa shape index (κ1) is 15.6. The predicted molar refractivity (Wildman–Crippen MR) is 77.5 cm³/mol. The summed E-state index contributed by atoms with van der Waals surface area (Å²) < 4.78 is 0. The lowest BCUT2D eigenvalue weighted by Gasteiger charge is -2.23. The van der Waals surface area contributed by atoms with E-state index in [9.17, 15) is 4.79 Å². The second-order valence-corrected chi connectivity index (χ2v) is 4.89. The van der Waals surface area contributed by atoms with Gasteiger partial charge in [0.2, 0.25) is 5.91 Å². The van der Waals surface area contributed by atoms with Crippen LogP contribution in [-0.4, -0.2) is 28.9 Å². The molecule has 0 spiro atoms. The van der Waals surface area contributed by atoms with Crippen LogP contribution < -0.4 is 5.73 Å². The largest absolute Gasteiger partial charge is 0.337 e. The van der Waals surface area contributed by atoms with Gasteiger partial charge in [0.1, 0.15) is 0 Å². The van der Waals surface area contributed by atoms with Crippen LogP contribution in [0.15, 0.2) is 18.2 Å². The molecule has 1 amide bonds. The van der Waals surface area contributed by atoms with Gasteiger partial charge < -0.3 is 10.6 Å². The van der Waals surface area contributed by atoms with Crippen molar-refractivity contribution in [3.05, 3.63) is 29.6 Å². The highest BCUT2D eigenvalue weighted by atomic mass is 16.2. The normalized spacial score (nSPS) is 12.2. The molecule has 0 aromatic carbocycles. The van der Waals surface area contributed by atoms with E-state index < -0.39 is 0 Å². The highest BCUT2D eigenvalue weighted by Gasteiger charge is 2.16. The molecule has 2 N–H and O–H groups in total. The van der Waals surface area contributed by atoms with E-state index in [4.69, 9.17) is 5.73 Å². The van der Waals surface area contributed by atoms with E-state index in [1.54, 1.807) is 0 Å². The van der Waals surface area contributed by atoms with Crippen LogP contribution in [0.1, 0.15) is 38.1 Å². The Hall–Kier alpha value is -1.42. The molecule has 0 saturated carbocycles. The van der Waals surface area contributed by atoms with E-state index in [-0.39, 0.29) is 11.8 Å². The summed E-state index contributed by atoms with van der Waals surface area (Å²) in [7, 11) is 0. The summed E-state index contributed by atoms with van der Waals surface area (Å²) in [5, 5.41) is 0. The number of carbonyl (C=O) groups is 1. The van der Waals surface area contributed by atoms with Crippen LogP contribution in [0, 0.1) is 12.8 Å². The van der Waals surface area contributed by atoms with Crippen molar-refractivity contribution in [2.24, 2.45) is 11.7 Å². The summed E-state index contributed by atoms with van der Waals surface area (Å²) in [4.78, 5) is 18.5. The monoisotopic (exact) mass is 263 g/mol. The molecule has 0 radical (unpaired) electrons. The number of amides is 1. The number of hydrogen-bond donors (Lipinski definition) is 1. The van der Waals surface area contributed by atoms with Gasteiger partial charge in [0.05, 0.1) is 12.2 Å². The lowest BCUT2D eigenvalue weighted by Crippen LogP contribution is -2.33. The van der Waals surface area contributed by atoms with Crippen molar-refractivity contribution in [3.63, 3.8) is 0 Å². The van der Waals surface area contributed by atoms with Gasteiger partial charge in [0.25, 0.3) is 0 Å². The van der Waals surface area contributed by atoms with Crippen LogP contribution in [0.2, 0.25) is 0 Å². The van der Waals surface area contributed by atoms with Crippen molar-refractivity contribution in [3.8, 4) is 0 Å². The molecule has 1 rings (SSSR count). The third kappa shape index (κ3) is 4.99. The van der Waals surface area contributed by atoms with Gasteiger partial charge in [0.15, 0.2) is 0 Å². The fourth-order valence-electron chi connectivity index (χ4n) is 2.03. The average Bonchev–Trinajstić information content (AvgIpc) is 2.41. The lowest BCUT2D eigenvalue weighted by atomic mass is 10.0. The van der Waals surface area contributed by atoms with Crippen LogP contribution in [0.25, 0.3) is 0 Å². The zero-order valence-corrected chi connectivity index (χ0v) is 12.2. The van der Waals surface area contributed by atoms with Gasteiger partial charge in [-0.3, -0.25) is 9.78 Å². The van der Waals surface area contributed by atoms with Crippen molar-refractivity contribution in [1.82, 2.24) is 9.88 Å². The molecule has 0 aliphatic rings. The third-order valence-electron chi connectivity index (χ3n) is 3.41. The minimum absolute atomic E-state index is 0.170. The Morgan fingerprint density at radius 2 is 2.16 bits per heavy atom. The first-order valence-corrected chi connectivity index (χ1v) is 7.01. The summed E-state index contributed by atoms with van der Waals surface area (Å²) in [6.45, 7) is 7.89. The molecule has 0 fully saturated rings. The van der Waals surface area contributed by atoms with Gasteiger partial charge in [-0.25, -0.2) is 0 Å². The van der Waals surface area contributed by atoms with Crippen LogP contribution in [-0.2, 0) is 11.3 Å². The molecule has 0 aliphatic heterocycles. The smallest absolute Gasteiger partial charge is 0.223 e. The fourth-order valence-corrected chi connectivity index (χ4v) is 2.03. The van der Waals surface area contributed by atoms with Crippen molar-refractivity contribution in [2.45, 2.75) is 40.2 Å². The number of aromatic nitrogens is 1. The van der Waals surface area contributed by atoms with E-state index in [0.717, 1.165) is 17.8 Å². The molecule has 0 saturated heterocycles. The minimum Gasteiger partial charge on any atom is -0.337 e. The summed E-state index contributed by atoms with van der Waals surface area (Å²) in [5.74, 6) is 0.454. The second kappa shape index (κ2) is 7.89. The summed E-state index contributed by atoms with van der Waals surface area (Å²) >= 11 is 0. The van der Waals surface area contributed by atoms with Gasteiger partial charge in [-0.1, -0.05) is 19.4 Å². The van der Waals surface area contributed by atoms with Gasteiger partial charge >= 0.3 is 0 Å². The standard InChI is InChI=1S/C15H25N3O/c1-4-13(10-16)9-15(19)18(5-2)11-14-8-6-7-12(3)17-14/h6-8,13H,4-5,9-11,16H2,1-3H3. The number of carbonyl (C=O) groups excluding carboxylic acids is 1. The maximum Gasteiger partial charge on any atom is 0.223 e. The van der Waals surface area contributed by atoms with E-state index in [0.29, 0.717) is 26.1 Å². The number of nitrogens with two attached hydrogens (primary N) is 1.